The lowest BCUT2D eigenvalue weighted by Gasteiger charge is -2.23. The molecule has 2 aliphatic carbocycles. The van der Waals surface area contributed by atoms with Crippen LogP contribution in [0.5, 0.6) is 0 Å². The second-order valence-corrected chi connectivity index (χ2v) is 15.7. The highest BCUT2D eigenvalue weighted by Crippen LogP contribution is 2.34. The molecule has 0 aromatic carbocycles. The lowest BCUT2D eigenvalue weighted by Crippen LogP contribution is -2.21. The maximum absolute atomic E-state index is 4.91. The van der Waals surface area contributed by atoms with Crippen LogP contribution in [0.4, 0.5) is 0 Å². The molecule has 2 rings (SSSR count). The van der Waals surface area contributed by atoms with Crippen molar-refractivity contribution in [1.29, 1.82) is 0 Å². The van der Waals surface area contributed by atoms with E-state index in [9.17, 15) is 0 Å². The number of rotatable bonds is 3. The topological polar surface area (TPSA) is 12.4 Å². The monoisotopic (exact) mass is 255 g/mol. The highest BCUT2D eigenvalue weighted by molar-refractivity contribution is 8.29. The van der Waals surface area contributed by atoms with E-state index in [1.54, 1.807) is 5.71 Å². The van der Waals surface area contributed by atoms with Crippen LogP contribution in [0.25, 0.3) is 0 Å². The molecule has 2 fully saturated rings. The van der Waals surface area contributed by atoms with Gasteiger partial charge < -0.3 is 0 Å². The van der Waals surface area contributed by atoms with Crippen molar-refractivity contribution in [2.75, 3.05) is 0 Å². The van der Waals surface area contributed by atoms with Gasteiger partial charge in [0.1, 0.15) is 7.22 Å². The fraction of sp³-hybridized carbons (Fsp3) is 0.923. The molecule has 16 heavy (non-hydrogen) atoms. The van der Waals surface area contributed by atoms with Crippen LogP contribution < -0.4 is 0 Å². The second-order valence-electron chi connectivity index (χ2n) is 6.23. The van der Waals surface area contributed by atoms with Crippen LogP contribution in [0.15, 0.2) is 4.99 Å². The average Bonchev–Trinajstić information content (AvgIpc) is 2.92. The Morgan fingerprint density at radius 1 is 1.12 bits per heavy atom. The van der Waals surface area contributed by atoms with Gasteiger partial charge in [0.15, 0.2) is 0 Å². The first-order valence-electron chi connectivity index (χ1n) is 6.76. The summed E-state index contributed by atoms with van der Waals surface area (Å²) in [6, 6.07) is 0.727. The third-order valence-electron chi connectivity index (χ3n) is 3.14. The van der Waals surface area contributed by atoms with Crippen molar-refractivity contribution in [3.8, 4) is 0 Å². The fourth-order valence-electron chi connectivity index (χ4n) is 2.35. The van der Waals surface area contributed by atoms with Gasteiger partial charge in [-0.2, -0.15) is 11.2 Å². The van der Waals surface area contributed by atoms with Crippen LogP contribution in [-0.4, -0.2) is 24.2 Å². The van der Waals surface area contributed by atoms with Gasteiger partial charge in [-0.05, 0) is 38.5 Å². The SMILES string of the molecule is C[Si](C)(C)SC1CCCCC(=NC2CC2)C1. The first kappa shape index (κ1) is 12.7. The number of hydrogen-bond donors (Lipinski definition) is 0. The molecule has 2 saturated carbocycles. The van der Waals surface area contributed by atoms with Gasteiger partial charge in [-0.25, -0.2) is 0 Å². The summed E-state index contributed by atoms with van der Waals surface area (Å²) in [7, 11) is -0.959. The molecule has 0 N–H and O–H groups in total. The molecule has 92 valence electrons. The lowest BCUT2D eigenvalue weighted by atomic mass is 10.2. The maximum atomic E-state index is 4.91. The Labute approximate surface area is 105 Å². The Balaban J connectivity index is 1.92. The zero-order valence-corrected chi connectivity index (χ0v) is 12.8. The number of hydrogen-bond acceptors (Lipinski definition) is 2. The van der Waals surface area contributed by atoms with Crippen molar-refractivity contribution in [1.82, 2.24) is 0 Å². The standard InChI is InChI=1S/C13H25NSSi/c1-16(2,3)15-13-7-5-4-6-12(10-13)14-11-8-9-11/h11,13H,4-10H2,1-3H3. The van der Waals surface area contributed by atoms with E-state index in [-0.39, 0.29) is 0 Å². The van der Waals surface area contributed by atoms with Crippen LogP contribution in [0.2, 0.25) is 19.6 Å². The minimum Gasteiger partial charge on any atom is -0.291 e. The maximum Gasteiger partial charge on any atom is 0.108 e. The molecular weight excluding hydrogens is 230 g/mol. The molecule has 0 spiro atoms. The zero-order chi connectivity index (χ0) is 11.6. The highest BCUT2D eigenvalue weighted by Gasteiger charge is 2.26. The third kappa shape index (κ3) is 4.62. The van der Waals surface area contributed by atoms with Gasteiger partial charge in [-0.1, -0.05) is 26.1 Å². The first-order valence-corrected chi connectivity index (χ1v) is 11.9. The Morgan fingerprint density at radius 2 is 1.88 bits per heavy atom. The van der Waals surface area contributed by atoms with Gasteiger partial charge in [0.25, 0.3) is 0 Å². The first-order chi connectivity index (χ1) is 7.53. The Morgan fingerprint density at radius 3 is 2.50 bits per heavy atom. The summed E-state index contributed by atoms with van der Waals surface area (Å²) >= 11 is 2.30. The van der Waals surface area contributed by atoms with Crippen LogP contribution in [-0.2, 0) is 0 Å². The van der Waals surface area contributed by atoms with E-state index in [0.717, 1.165) is 11.3 Å². The quantitative estimate of drug-likeness (QED) is 0.534. The molecule has 1 unspecified atom stereocenters. The summed E-state index contributed by atoms with van der Waals surface area (Å²) in [5.74, 6) is 0. The highest BCUT2D eigenvalue weighted by atomic mass is 32.4. The van der Waals surface area contributed by atoms with Gasteiger partial charge in [0, 0.05) is 11.0 Å². The van der Waals surface area contributed by atoms with Gasteiger partial charge in [0.2, 0.25) is 0 Å². The lowest BCUT2D eigenvalue weighted by molar-refractivity contribution is 0.714. The molecule has 1 nitrogen and oxygen atoms in total. The normalized spacial score (nSPS) is 30.4. The Bertz CT molecular complexity index is 266. The van der Waals surface area contributed by atoms with E-state index in [0.29, 0.717) is 0 Å². The molecule has 0 heterocycles. The van der Waals surface area contributed by atoms with Gasteiger partial charge in [-0.3, -0.25) is 4.99 Å². The summed E-state index contributed by atoms with van der Waals surface area (Å²) in [4.78, 5) is 4.91. The molecular formula is C13H25NSSi. The van der Waals surface area contributed by atoms with Crippen LogP contribution in [0, 0.1) is 0 Å². The Hall–Kier alpha value is 0.237. The van der Waals surface area contributed by atoms with Crippen molar-refractivity contribution in [3.05, 3.63) is 0 Å². The summed E-state index contributed by atoms with van der Waals surface area (Å²) in [5.41, 5.74) is 1.55. The molecule has 2 aliphatic rings. The van der Waals surface area contributed by atoms with E-state index >= 15 is 0 Å². The Kier molecular flexibility index (Phi) is 4.17. The van der Waals surface area contributed by atoms with E-state index in [1.165, 1.54) is 44.9 Å². The third-order valence-corrected chi connectivity index (χ3v) is 7.70. The largest absolute Gasteiger partial charge is 0.291 e. The minimum absolute atomic E-state index is 0.727. The van der Waals surface area contributed by atoms with Gasteiger partial charge in [-0.15, -0.1) is 0 Å². The van der Waals surface area contributed by atoms with Crippen molar-refractivity contribution in [2.45, 2.75) is 75.9 Å². The van der Waals surface area contributed by atoms with E-state index in [2.05, 4.69) is 30.9 Å². The van der Waals surface area contributed by atoms with Crippen molar-refractivity contribution >= 4 is 24.1 Å². The van der Waals surface area contributed by atoms with E-state index in [1.807, 2.05) is 0 Å². The molecule has 0 bridgehead atoms. The van der Waals surface area contributed by atoms with Gasteiger partial charge >= 0.3 is 0 Å². The minimum atomic E-state index is -0.959. The fourth-order valence-corrected chi connectivity index (χ4v) is 7.51. The van der Waals surface area contributed by atoms with Crippen molar-refractivity contribution in [3.63, 3.8) is 0 Å². The predicted molar refractivity (Wildman–Crippen MR) is 78.3 cm³/mol. The molecule has 3 heteroatoms. The van der Waals surface area contributed by atoms with Crippen LogP contribution >= 0.6 is 11.2 Å². The molecule has 0 amide bonds. The van der Waals surface area contributed by atoms with E-state index < -0.39 is 7.22 Å². The second kappa shape index (κ2) is 5.26. The molecule has 0 radical (unpaired) electrons. The molecule has 1 atom stereocenters. The van der Waals surface area contributed by atoms with Crippen molar-refractivity contribution in [2.24, 2.45) is 4.99 Å². The average molecular weight is 256 g/mol. The summed E-state index contributed by atoms with van der Waals surface area (Å²) in [6.45, 7) is 7.42. The van der Waals surface area contributed by atoms with Crippen LogP contribution in [0.1, 0.15) is 44.9 Å². The zero-order valence-electron chi connectivity index (χ0n) is 11.0. The summed E-state index contributed by atoms with van der Waals surface area (Å²) in [5, 5.41) is 0.881. The summed E-state index contributed by atoms with van der Waals surface area (Å²) in [6.07, 6.45) is 9.54. The van der Waals surface area contributed by atoms with Crippen molar-refractivity contribution < 1.29 is 0 Å². The number of nitrogens with zero attached hydrogens (tertiary/aromatic N) is 1. The smallest absolute Gasteiger partial charge is 0.108 e. The van der Waals surface area contributed by atoms with E-state index in [4.69, 9.17) is 4.99 Å². The summed E-state index contributed by atoms with van der Waals surface area (Å²) < 4.78 is 0. The van der Waals surface area contributed by atoms with Gasteiger partial charge in [0.05, 0.1) is 6.04 Å². The number of aliphatic imine (C=N–C) groups is 1. The molecule has 0 aliphatic heterocycles. The molecule has 0 aromatic heterocycles. The predicted octanol–water partition coefficient (Wildman–Crippen LogP) is 4.49. The molecule has 0 saturated heterocycles. The van der Waals surface area contributed by atoms with Crippen LogP contribution in [0.3, 0.4) is 0 Å². The molecule has 0 aromatic rings.